The number of hydrogen-bond donors (Lipinski definition) is 1. The maximum Gasteiger partial charge on any atom is 0.213 e. The fourth-order valence-electron chi connectivity index (χ4n) is 1.43. The van der Waals surface area contributed by atoms with Gasteiger partial charge < -0.3 is 10.1 Å². The van der Waals surface area contributed by atoms with Gasteiger partial charge in [-0.15, -0.1) is 12.4 Å². The van der Waals surface area contributed by atoms with Crippen LogP contribution in [0.3, 0.4) is 0 Å². The monoisotopic (exact) mass is 200 g/mol. The molecule has 0 radical (unpaired) electrons. The molecule has 1 aliphatic heterocycles. The van der Waals surface area contributed by atoms with Crippen molar-refractivity contribution in [2.24, 2.45) is 0 Å². The predicted molar refractivity (Wildman–Crippen MR) is 53.4 cm³/mol. The maximum atomic E-state index is 5.05. The Balaban J connectivity index is 0.000000845. The predicted octanol–water partition coefficient (Wildman–Crippen LogP) is 1.16. The average molecular weight is 201 g/mol. The zero-order valence-electron chi connectivity index (χ0n) is 7.54. The van der Waals surface area contributed by atoms with Gasteiger partial charge >= 0.3 is 0 Å². The molecule has 0 atom stereocenters. The van der Waals surface area contributed by atoms with Crippen molar-refractivity contribution in [3.05, 3.63) is 23.4 Å². The molecule has 0 aliphatic carbocycles. The van der Waals surface area contributed by atoms with E-state index in [1.807, 2.05) is 6.07 Å². The molecule has 1 aliphatic rings. The summed E-state index contributed by atoms with van der Waals surface area (Å²) in [4.78, 5) is 4.37. The van der Waals surface area contributed by atoms with Crippen LogP contribution in [0.4, 0.5) is 0 Å². The van der Waals surface area contributed by atoms with E-state index in [1.165, 1.54) is 11.3 Å². The smallest absolute Gasteiger partial charge is 0.213 e. The summed E-state index contributed by atoms with van der Waals surface area (Å²) < 4.78 is 5.05. The lowest BCUT2D eigenvalue weighted by Gasteiger charge is -2.15. The van der Waals surface area contributed by atoms with Crippen molar-refractivity contribution in [2.45, 2.75) is 13.0 Å². The summed E-state index contributed by atoms with van der Waals surface area (Å²) in [5.41, 5.74) is 2.47. The van der Waals surface area contributed by atoms with Crippen LogP contribution < -0.4 is 10.1 Å². The highest BCUT2D eigenvalue weighted by atomic mass is 35.5. The molecule has 1 aromatic rings. The average Bonchev–Trinajstić information content (AvgIpc) is 2.17. The van der Waals surface area contributed by atoms with E-state index >= 15 is 0 Å². The van der Waals surface area contributed by atoms with Crippen LogP contribution in [0.25, 0.3) is 0 Å². The summed E-state index contributed by atoms with van der Waals surface area (Å²) in [7, 11) is 1.65. The van der Waals surface area contributed by atoms with Crippen molar-refractivity contribution in [3.8, 4) is 5.88 Å². The van der Waals surface area contributed by atoms with Crippen LogP contribution >= 0.6 is 12.4 Å². The number of methoxy groups -OCH3 is 1. The molecule has 1 N–H and O–H groups in total. The summed E-state index contributed by atoms with van der Waals surface area (Å²) in [6.07, 6.45) is 1.01. The van der Waals surface area contributed by atoms with E-state index in [4.69, 9.17) is 4.74 Å². The summed E-state index contributed by atoms with van der Waals surface area (Å²) in [6.45, 7) is 1.96. The van der Waals surface area contributed by atoms with Gasteiger partial charge in [-0.1, -0.05) is 6.07 Å². The standard InChI is InChI=1S/C9H12N2O.ClH/c1-12-9-3-2-7-6-10-5-4-8(7)11-9;/h2-3,10H,4-6H2,1H3;1H. The molecule has 72 valence electrons. The van der Waals surface area contributed by atoms with E-state index in [0.29, 0.717) is 0 Å². The third kappa shape index (κ3) is 2.11. The minimum Gasteiger partial charge on any atom is -0.481 e. The van der Waals surface area contributed by atoms with E-state index in [-0.39, 0.29) is 12.4 Å². The second-order valence-electron chi connectivity index (χ2n) is 2.89. The Hall–Kier alpha value is -0.800. The molecule has 0 fully saturated rings. The Morgan fingerprint density at radius 3 is 3.08 bits per heavy atom. The zero-order chi connectivity index (χ0) is 8.39. The van der Waals surface area contributed by atoms with E-state index in [1.54, 1.807) is 7.11 Å². The number of nitrogens with zero attached hydrogens (tertiary/aromatic N) is 1. The first-order chi connectivity index (χ1) is 5.90. The highest BCUT2D eigenvalue weighted by molar-refractivity contribution is 5.85. The van der Waals surface area contributed by atoms with Crippen LogP contribution in [0.2, 0.25) is 0 Å². The number of ether oxygens (including phenoxy) is 1. The maximum absolute atomic E-state index is 5.05. The van der Waals surface area contributed by atoms with Gasteiger partial charge in [0.2, 0.25) is 5.88 Å². The van der Waals surface area contributed by atoms with Crippen molar-refractivity contribution in [1.29, 1.82) is 0 Å². The van der Waals surface area contributed by atoms with Gasteiger partial charge in [0.05, 0.1) is 12.8 Å². The first kappa shape index (κ1) is 10.3. The van der Waals surface area contributed by atoms with E-state index in [9.17, 15) is 0 Å². The molecule has 3 nitrogen and oxygen atoms in total. The Kier molecular flexibility index (Phi) is 3.51. The SMILES string of the molecule is COc1ccc2c(n1)CCNC2.Cl. The molecular weight excluding hydrogens is 188 g/mol. The molecule has 0 amide bonds. The van der Waals surface area contributed by atoms with Crippen molar-refractivity contribution in [1.82, 2.24) is 10.3 Å². The normalized spacial score (nSPS) is 14.2. The lowest BCUT2D eigenvalue weighted by atomic mass is 10.1. The number of pyridine rings is 1. The second kappa shape index (κ2) is 4.44. The largest absolute Gasteiger partial charge is 0.481 e. The quantitative estimate of drug-likeness (QED) is 0.739. The first-order valence-electron chi connectivity index (χ1n) is 4.13. The number of nitrogens with one attached hydrogen (secondary N) is 1. The first-order valence-corrected chi connectivity index (χ1v) is 4.13. The van der Waals surface area contributed by atoms with Crippen molar-refractivity contribution in [2.75, 3.05) is 13.7 Å². The lowest BCUT2D eigenvalue weighted by Crippen LogP contribution is -2.24. The Labute approximate surface area is 83.9 Å². The van der Waals surface area contributed by atoms with E-state index in [0.717, 1.165) is 25.4 Å². The molecule has 0 saturated carbocycles. The topological polar surface area (TPSA) is 34.1 Å². The van der Waals surface area contributed by atoms with Crippen LogP contribution in [0, 0.1) is 0 Å². The lowest BCUT2D eigenvalue weighted by molar-refractivity contribution is 0.394. The van der Waals surface area contributed by atoms with Crippen LogP contribution in [0.1, 0.15) is 11.3 Å². The fraction of sp³-hybridized carbons (Fsp3) is 0.444. The second-order valence-corrected chi connectivity index (χ2v) is 2.89. The van der Waals surface area contributed by atoms with Gasteiger partial charge in [0, 0.05) is 25.6 Å². The van der Waals surface area contributed by atoms with Crippen LogP contribution in [0.15, 0.2) is 12.1 Å². The molecule has 0 spiro atoms. The molecule has 0 aromatic carbocycles. The molecule has 0 bridgehead atoms. The van der Waals surface area contributed by atoms with Gasteiger partial charge in [-0.05, 0) is 5.56 Å². The highest BCUT2D eigenvalue weighted by Gasteiger charge is 2.09. The van der Waals surface area contributed by atoms with Crippen molar-refractivity contribution < 1.29 is 4.74 Å². The van der Waals surface area contributed by atoms with E-state index in [2.05, 4.69) is 16.4 Å². The number of aromatic nitrogens is 1. The van der Waals surface area contributed by atoms with Crippen LogP contribution in [0.5, 0.6) is 5.88 Å². The summed E-state index contributed by atoms with van der Waals surface area (Å²) >= 11 is 0. The van der Waals surface area contributed by atoms with Crippen molar-refractivity contribution in [3.63, 3.8) is 0 Å². The highest BCUT2D eigenvalue weighted by Crippen LogP contribution is 2.15. The Morgan fingerprint density at radius 1 is 1.46 bits per heavy atom. The molecule has 0 saturated heterocycles. The number of fused-ring (bicyclic) bond motifs is 1. The van der Waals surface area contributed by atoms with Gasteiger partial charge in [0.25, 0.3) is 0 Å². The van der Waals surface area contributed by atoms with Gasteiger partial charge in [0.1, 0.15) is 0 Å². The summed E-state index contributed by atoms with van der Waals surface area (Å²) in [6, 6.07) is 3.99. The number of rotatable bonds is 1. The van der Waals surface area contributed by atoms with Crippen molar-refractivity contribution >= 4 is 12.4 Å². The Morgan fingerprint density at radius 2 is 2.31 bits per heavy atom. The minimum atomic E-state index is 0. The van der Waals surface area contributed by atoms with Gasteiger partial charge in [-0.25, -0.2) is 4.98 Å². The molecule has 13 heavy (non-hydrogen) atoms. The minimum absolute atomic E-state index is 0. The van der Waals surface area contributed by atoms with Crippen LogP contribution in [-0.2, 0) is 13.0 Å². The Bertz CT molecular complexity index is 291. The van der Waals surface area contributed by atoms with Gasteiger partial charge in [-0.3, -0.25) is 0 Å². The molecule has 4 heteroatoms. The fourth-order valence-corrected chi connectivity index (χ4v) is 1.43. The summed E-state index contributed by atoms with van der Waals surface area (Å²) in [5, 5.41) is 3.30. The van der Waals surface area contributed by atoms with Crippen LogP contribution in [-0.4, -0.2) is 18.6 Å². The molecule has 2 heterocycles. The zero-order valence-corrected chi connectivity index (χ0v) is 8.36. The third-order valence-corrected chi connectivity index (χ3v) is 2.11. The molecular formula is C9H13ClN2O. The molecule has 1 aromatic heterocycles. The van der Waals surface area contributed by atoms with Gasteiger partial charge in [-0.2, -0.15) is 0 Å². The number of hydrogen-bond acceptors (Lipinski definition) is 3. The summed E-state index contributed by atoms with van der Waals surface area (Å²) in [5.74, 6) is 0.718. The van der Waals surface area contributed by atoms with E-state index < -0.39 is 0 Å². The molecule has 0 unspecified atom stereocenters. The molecule has 2 rings (SSSR count). The van der Waals surface area contributed by atoms with Gasteiger partial charge in [0.15, 0.2) is 0 Å². The number of halogens is 1. The third-order valence-electron chi connectivity index (χ3n) is 2.11.